The van der Waals surface area contributed by atoms with Crippen molar-refractivity contribution in [1.82, 2.24) is 0 Å². The van der Waals surface area contributed by atoms with Crippen LogP contribution in [0.15, 0.2) is 36.4 Å². The molecule has 0 radical (unpaired) electrons. The van der Waals surface area contributed by atoms with Crippen molar-refractivity contribution in [3.8, 4) is 6.07 Å². The number of fused-ring (bicyclic) bond motifs is 1. The molecule has 90 valence electrons. The fraction of sp³-hybridized carbons (Fsp3) is 0.312. The second-order valence-corrected chi connectivity index (χ2v) is 5.13. The lowest BCUT2D eigenvalue weighted by molar-refractivity contribution is 0.659. The second kappa shape index (κ2) is 4.34. The number of rotatable bonds is 1. The van der Waals surface area contributed by atoms with Gasteiger partial charge in [-0.25, -0.2) is 0 Å². The molecule has 0 spiro atoms. The summed E-state index contributed by atoms with van der Waals surface area (Å²) in [4.78, 5) is 2.44. The Morgan fingerprint density at radius 2 is 1.94 bits per heavy atom. The van der Waals surface area contributed by atoms with E-state index < -0.39 is 0 Å². The van der Waals surface area contributed by atoms with Gasteiger partial charge in [0.2, 0.25) is 0 Å². The van der Waals surface area contributed by atoms with Crippen molar-refractivity contribution in [3.63, 3.8) is 0 Å². The molecule has 0 saturated carbocycles. The molecule has 2 nitrogen and oxygen atoms in total. The highest BCUT2D eigenvalue weighted by Gasteiger charge is 2.20. The van der Waals surface area contributed by atoms with Crippen molar-refractivity contribution in [1.29, 1.82) is 5.26 Å². The Kier molecular flexibility index (Phi) is 2.68. The second-order valence-electron chi connectivity index (χ2n) is 5.13. The van der Waals surface area contributed by atoms with Gasteiger partial charge in [-0.2, -0.15) is 5.26 Å². The summed E-state index contributed by atoms with van der Waals surface area (Å²) in [7, 11) is 0. The van der Waals surface area contributed by atoms with E-state index in [0.717, 1.165) is 30.0 Å². The minimum absolute atomic E-state index is 0.763. The molecule has 0 amide bonds. The molecule has 1 atom stereocenters. The van der Waals surface area contributed by atoms with Crippen LogP contribution in [0.5, 0.6) is 0 Å². The Bertz CT molecular complexity index is 625. The summed E-state index contributed by atoms with van der Waals surface area (Å²) in [6.45, 7) is 4.54. The van der Waals surface area contributed by atoms with Crippen LogP contribution < -0.4 is 4.90 Å². The predicted molar refractivity (Wildman–Crippen MR) is 74.7 cm³/mol. The highest BCUT2D eigenvalue weighted by atomic mass is 15.1. The van der Waals surface area contributed by atoms with Crippen LogP contribution in [0.25, 0.3) is 10.8 Å². The molecule has 2 aromatic carbocycles. The summed E-state index contributed by atoms with van der Waals surface area (Å²) in [5.74, 6) is 0.763. The van der Waals surface area contributed by atoms with Crippen LogP contribution in [-0.2, 0) is 0 Å². The van der Waals surface area contributed by atoms with Crippen LogP contribution >= 0.6 is 0 Å². The fourth-order valence-corrected chi connectivity index (χ4v) is 2.81. The van der Waals surface area contributed by atoms with Gasteiger partial charge in [0.05, 0.1) is 11.6 Å². The quantitative estimate of drug-likeness (QED) is 0.757. The lowest BCUT2D eigenvalue weighted by Crippen LogP contribution is -2.19. The average molecular weight is 236 g/mol. The molecule has 1 fully saturated rings. The monoisotopic (exact) mass is 236 g/mol. The highest BCUT2D eigenvalue weighted by molar-refractivity contribution is 5.97. The maximum absolute atomic E-state index is 9.17. The molecule has 1 aliphatic rings. The Morgan fingerprint density at radius 3 is 2.61 bits per heavy atom. The van der Waals surface area contributed by atoms with Crippen LogP contribution in [0.3, 0.4) is 0 Å². The van der Waals surface area contributed by atoms with Crippen LogP contribution in [0.1, 0.15) is 18.9 Å². The zero-order chi connectivity index (χ0) is 12.5. The van der Waals surface area contributed by atoms with Crippen molar-refractivity contribution in [2.45, 2.75) is 13.3 Å². The largest absolute Gasteiger partial charge is 0.371 e. The SMILES string of the molecule is CC1CCN(c2ccc(C#N)c3ccccc23)C1. The first-order chi connectivity index (χ1) is 8.79. The summed E-state index contributed by atoms with van der Waals surface area (Å²) < 4.78 is 0. The van der Waals surface area contributed by atoms with Crippen molar-refractivity contribution < 1.29 is 0 Å². The summed E-state index contributed by atoms with van der Waals surface area (Å²) in [6, 6.07) is 14.5. The summed E-state index contributed by atoms with van der Waals surface area (Å²) in [5, 5.41) is 11.4. The summed E-state index contributed by atoms with van der Waals surface area (Å²) in [6.07, 6.45) is 1.26. The number of nitrogens with zero attached hydrogens (tertiary/aromatic N) is 2. The van der Waals surface area contributed by atoms with E-state index in [0.29, 0.717) is 0 Å². The van der Waals surface area contributed by atoms with Crippen molar-refractivity contribution >= 4 is 16.5 Å². The Labute approximate surface area is 107 Å². The first-order valence-electron chi connectivity index (χ1n) is 6.46. The molecule has 1 unspecified atom stereocenters. The lowest BCUT2D eigenvalue weighted by atomic mass is 10.0. The molecule has 18 heavy (non-hydrogen) atoms. The maximum atomic E-state index is 9.17. The van der Waals surface area contributed by atoms with Crippen molar-refractivity contribution in [2.75, 3.05) is 18.0 Å². The molecule has 0 bridgehead atoms. The average Bonchev–Trinajstić information content (AvgIpc) is 2.84. The molecule has 1 saturated heterocycles. The predicted octanol–water partition coefficient (Wildman–Crippen LogP) is 3.56. The van der Waals surface area contributed by atoms with Gasteiger partial charge >= 0.3 is 0 Å². The smallest absolute Gasteiger partial charge is 0.0998 e. The van der Waals surface area contributed by atoms with Gasteiger partial charge in [-0.05, 0) is 24.5 Å². The minimum atomic E-state index is 0.763. The van der Waals surface area contributed by atoms with Crippen LogP contribution in [0.4, 0.5) is 5.69 Å². The van der Waals surface area contributed by atoms with E-state index in [2.05, 4.69) is 30.0 Å². The molecule has 1 aliphatic heterocycles. The topological polar surface area (TPSA) is 27.0 Å². The molecule has 0 N–H and O–H groups in total. The van der Waals surface area contributed by atoms with E-state index in [-0.39, 0.29) is 0 Å². The summed E-state index contributed by atoms with van der Waals surface area (Å²) in [5.41, 5.74) is 2.04. The number of nitriles is 1. The number of benzene rings is 2. The van der Waals surface area contributed by atoms with Crippen LogP contribution in [0, 0.1) is 17.2 Å². The van der Waals surface area contributed by atoms with E-state index in [1.54, 1.807) is 0 Å². The Morgan fingerprint density at radius 1 is 1.17 bits per heavy atom. The third-order valence-corrected chi connectivity index (χ3v) is 3.79. The van der Waals surface area contributed by atoms with E-state index in [1.807, 2.05) is 24.3 Å². The third-order valence-electron chi connectivity index (χ3n) is 3.79. The van der Waals surface area contributed by atoms with Gasteiger partial charge in [0.1, 0.15) is 0 Å². The van der Waals surface area contributed by atoms with Gasteiger partial charge in [0, 0.05) is 29.5 Å². The Balaban J connectivity index is 2.17. The van der Waals surface area contributed by atoms with Gasteiger partial charge < -0.3 is 4.90 Å². The standard InChI is InChI=1S/C16H16N2/c1-12-8-9-18(11-12)16-7-6-13(10-17)14-4-2-3-5-15(14)16/h2-7,12H,8-9,11H2,1H3. The van der Waals surface area contributed by atoms with Gasteiger partial charge in [-0.1, -0.05) is 31.2 Å². The zero-order valence-electron chi connectivity index (χ0n) is 10.6. The van der Waals surface area contributed by atoms with Crippen molar-refractivity contribution in [2.24, 2.45) is 5.92 Å². The zero-order valence-corrected chi connectivity index (χ0v) is 10.6. The molecule has 2 heteroatoms. The minimum Gasteiger partial charge on any atom is -0.371 e. The Hall–Kier alpha value is -2.01. The van der Waals surface area contributed by atoms with Crippen LogP contribution in [-0.4, -0.2) is 13.1 Å². The highest BCUT2D eigenvalue weighted by Crippen LogP contribution is 2.32. The van der Waals surface area contributed by atoms with Gasteiger partial charge in [0.15, 0.2) is 0 Å². The molecule has 1 heterocycles. The van der Waals surface area contributed by atoms with Gasteiger partial charge in [-0.15, -0.1) is 0 Å². The van der Waals surface area contributed by atoms with E-state index >= 15 is 0 Å². The molecule has 0 aliphatic carbocycles. The molecular formula is C16H16N2. The molecule has 0 aromatic heterocycles. The van der Waals surface area contributed by atoms with Gasteiger partial charge in [-0.3, -0.25) is 0 Å². The van der Waals surface area contributed by atoms with Gasteiger partial charge in [0.25, 0.3) is 0 Å². The maximum Gasteiger partial charge on any atom is 0.0998 e. The van der Waals surface area contributed by atoms with E-state index in [4.69, 9.17) is 0 Å². The molecule has 2 aromatic rings. The number of anilines is 1. The van der Waals surface area contributed by atoms with Crippen molar-refractivity contribution in [3.05, 3.63) is 42.0 Å². The summed E-state index contributed by atoms with van der Waals surface area (Å²) >= 11 is 0. The third kappa shape index (κ3) is 1.73. The van der Waals surface area contributed by atoms with E-state index in [1.165, 1.54) is 17.5 Å². The molecule has 3 rings (SSSR count). The lowest BCUT2D eigenvalue weighted by Gasteiger charge is -2.20. The fourth-order valence-electron chi connectivity index (χ4n) is 2.81. The normalized spacial score (nSPS) is 19.1. The molecular weight excluding hydrogens is 220 g/mol. The number of hydrogen-bond donors (Lipinski definition) is 0. The first kappa shape index (κ1) is 11.1. The van der Waals surface area contributed by atoms with E-state index in [9.17, 15) is 5.26 Å². The van der Waals surface area contributed by atoms with Crippen LogP contribution in [0.2, 0.25) is 0 Å². The first-order valence-corrected chi connectivity index (χ1v) is 6.46. The number of hydrogen-bond acceptors (Lipinski definition) is 2.